The zero-order valence-corrected chi connectivity index (χ0v) is 10.5. The van der Waals surface area contributed by atoms with Crippen molar-refractivity contribution in [1.82, 2.24) is 0 Å². The molecule has 2 aromatic carbocycles. The van der Waals surface area contributed by atoms with Crippen molar-refractivity contribution in [3.8, 4) is 17.6 Å². The largest absolute Gasteiger partial charge is 0.477 e. The Morgan fingerprint density at radius 1 is 1.24 bits per heavy atom. The van der Waals surface area contributed by atoms with Crippen LogP contribution in [0.3, 0.4) is 0 Å². The Bertz CT molecular complexity index is 747. The standard InChI is InChI=1S/C14H8N2O5/c15-8-9-4-6-10(7-5-9)21-12-3-1-2-11(16(19)20)13(12)14(17)18/h1-7H,(H,17,18). The maximum atomic E-state index is 11.2. The Hall–Kier alpha value is -3.40. The highest BCUT2D eigenvalue weighted by atomic mass is 16.6. The summed E-state index contributed by atoms with van der Waals surface area (Å²) >= 11 is 0. The molecule has 2 rings (SSSR count). The van der Waals surface area contributed by atoms with Crippen molar-refractivity contribution in [2.24, 2.45) is 0 Å². The van der Waals surface area contributed by atoms with Crippen LogP contribution in [0.25, 0.3) is 0 Å². The van der Waals surface area contributed by atoms with Crippen molar-refractivity contribution in [3.05, 3.63) is 63.7 Å². The summed E-state index contributed by atoms with van der Waals surface area (Å²) in [5.41, 5.74) is -0.652. The molecule has 1 N–H and O–H groups in total. The molecule has 0 saturated carbocycles. The molecule has 0 amide bonds. The third-order valence-corrected chi connectivity index (χ3v) is 2.63. The van der Waals surface area contributed by atoms with Gasteiger partial charge in [0.15, 0.2) is 5.56 Å². The molecule has 0 spiro atoms. The molecule has 0 fully saturated rings. The number of nitriles is 1. The van der Waals surface area contributed by atoms with E-state index >= 15 is 0 Å². The summed E-state index contributed by atoms with van der Waals surface area (Å²) in [7, 11) is 0. The molecule has 0 heterocycles. The minimum absolute atomic E-state index is 0.138. The van der Waals surface area contributed by atoms with Gasteiger partial charge in [0.25, 0.3) is 5.69 Å². The zero-order chi connectivity index (χ0) is 15.4. The van der Waals surface area contributed by atoms with Gasteiger partial charge in [-0.1, -0.05) is 6.07 Å². The lowest BCUT2D eigenvalue weighted by Crippen LogP contribution is -2.05. The Morgan fingerprint density at radius 3 is 2.43 bits per heavy atom. The molecule has 0 saturated heterocycles. The van der Waals surface area contributed by atoms with Gasteiger partial charge in [-0.05, 0) is 30.3 Å². The van der Waals surface area contributed by atoms with E-state index in [2.05, 4.69) is 0 Å². The van der Waals surface area contributed by atoms with Crippen LogP contribution < -0.4 is 4.74 Å². The fourth-order valence-corrected chi connectivity index (χ4v) is 1.70. The van der Waals surface area contributed by atoms with Crippen molar-refractivity contribution in [1.29, 1.82) is 5.26 Å². The Balaban J connectivity index is 2.44. The minimum Gasteiger partial charge on any atom is -0.477 e. The van der Waals surface area contributed by atoms with Crippen molar-refractivity contribution < 1.29 is 19.6 Å². The molecule has 0 unspecified atom stereocenters. The van der Waals surface area contributed by atoms with Gasteiger partial charge in [0.1, 0.15) is 11.5 Å². The number of carboxylic acids is 1. The Kier molecular flexibility index (Phi) is 3.81. The summed E-state index contributed by atoms with van der Waals surface area (Å²) in [5, 5.41) is 28.7. The Labute approximate surface area is 118 Å². The maximum Gasteiger partial charge on any atom is 0.346 e. The number of hydrogen-bond donors (Lipinski definition) is 1. The van der Waals surface area contributed by atoms with Crippen molar-refractivity contribution in [2.75, 3.05) is 0 Å². The van der Waals surface area contributed by atoms with Crippen LogP contribution in [0, 0.1) is 21.4 Å². The highest BCUT2D eigenvalue weighted by molar-refractivity contribution is 5.95. The van der Waals surface area contributed by atoms with E-state index in [9.17, 15) is 14.9 Å². The van der Waals surface area contributed by atoms with Crippen LogP contribution in [0.1, 0.15) is 15.9 Å². The van der Waals surface area contributed by atoms with Crippen LogP contribution in [-0.2, 0) is 0 Å². The van der Waals surface area contributed by atoms with Crippen LogP contribution >= 0.6 is 0 Å². The second-order valence-corrected chi connectivity index (χ2v) is 3.95. The van der Waals surface area contributed by atoms with Crippen LogP contribution in [-0.4, -0.2) is 16.0 Å². The summed E-state index contributed by atoms with van der Waals surface area (Å²) < 4.78 is 5.37. The van der Waals surface area contributed by atoms with E-state index in [1.807, 2.05) is 6.07 Å². The second kappa shape index (κ2) is 5.71. The molecule has 7 heteroatoms. The summed E-state index contributed by atoms with van der Waals surface area (Å²) in [6, 6.07) is 11.6. The molecule has 0 aliphatic heterocycles. The highest BCUT2D eigenvalue weighted by Gasteiger charge is 2.25. The summed E-state index contributed by atoms with van der Waals surface area (Å²) in [4.78, 5) is 21.3. The number of nitro benzene ring substituents is 1. The molecular formula is C14H8N2O5. The van der Waals surface area contributed by atoms with Crippen LogP contribution in [0.15, 0.2) is 42.5 Å². The average molecular weight is 284 g/mol. The quantitative estimate of drug-likeness (QED) is 0.682. The molecule has 7 nitrogen and oxygen atoms in total. The minimum atomic E-state index is -1.45. The first-order valence-corrected chi connectivity index (χ1v) is 5.71. The van der Waals surface area contributed by atoms with E-state index in [-0.39, 0.29) is 11.5 Å². The molecule has 2 aromatic rings. The fraction of sp³-hybridized carbons (Fsp3) is 0. The predicted octanol–water partition coefficient (Wildman–Crippen LogP) is 2.96. The lowest BCUT2D eigenvalue weighted by molar-refractivity contribution is -0.385. The van der Waals surface area contributed by atoms with Crippen LogP contribution in [0.2, 0.25) is 0 Å². The van der Waals surface area contributed by atoms with E-state index in [0.29, 0.717) is 5.56 Å². The lowest BCUT2D eigenvalue weighted by atomic mass is 10.1. The molecular weight excluding hydrogens is 276 g/mol. The molecule has 0 radical (unpaired) electrons. The molecule has 0 atom stereocenters. The van der Waals surface area contributed by atoms with Gasteiger partial charge < -0.3 is 9.84 Å². The number of benzene rings is 2. The molecule has 0 aliphatic carbocycles. The predicted molar refractivity (Wildman–Crippen MR) is 71.3 cm³/mol. The van der Waals surface area contributed by atoms with E-state index in [0.717, 1.165) is 6.07 Å². The Morgan fingerprint density at radius 2 is 1.90 bits per heavy atom. The first-order valence-electron chi connectivity index (χ1n) is 5.71. The van der Waals surface area contributed by atoms with Gasteiger partial charge in [0.2, 0.25) is 0 Å². The molecule has 104 valence electrons. The monoisotopic (exact) mass is 284 g/mol. The maximum absolute atomic E-state index is 11.2. The van der Waals surface area contributed by atoms with Crippen LogP contribution in [0.4, 0.5) is 5.69 Å². The average Bonchev–Trinajstić information content (AvgIpc) is 2.47. The van der Waals surface area contributed by atoms with Gasteiger partial charge >= 0.3 is 5.97 Å². The van der Waals surface area contributed by atoms with Crippen molar-refractivity contribution >= 4 is 11.7 Å². The summed E-state index contributed by atoms with van der Waals surface area (Å²) in [5.74, 6) is -1.32. The normalized spacial score (nSPS) is 9.67. The van der Waals surface area contributed by atoms with Gasteiger partial charge in [0.05, 0.1) is 16.6 Å². The summed E-state index contributed by atoms with van der Waals surface area (Å²) in [6.45, 7) is 0. The lowest BCUT2D eigenvalue weighted by Gasteiger charge is -2.08. The van der Waals surface area contributed by atoms with E-state index in [1.54, 1.807) is 0 Å². The molecule has 0 aliphatic rings. The number of nitro groups is 1. The number of carboxylic acid groups (broad SMARTS) is 1. The van der Waals surface area contributed by atoms with Gasteiger partial charge in [-0.3, -0.25) is 10.1 Å². The van der Waals surface area contributed by atoms with E-state index in [1.165, 1.54) is 36.4 Å². The number of nitrogens with zero attached hydrogens (tertiary/aromatic N) is 2. The molecule has 0 aromatic heterocycles. The first kappa shape index (κ1) is 14.0. The number of hydrogen-bond acceptors (Lipinski definition) is 5. The fourth-order valence-electron chi connectivity index (χ4n) is 1.70. The van der Waals surface area contributed by atoms with E-state index in [4.69, 9.17) is 15.1 Å². The van der Waals surface area contributed by atoms with E-state index < -0.39 is 22.1 Å². The van der Waals surface area contributed by atoms with Crippen molar-refractivity contribution in [2.45, 2.75) is 0 Å². The second-order valence-electron chi connectivity index (χ2n) is 3.95. The summed E-state index contributed by atoms with van der Waals surface area (Å²) in [6.07, 6.45) is 0. The highest BCUT2D eigenvalue weighted by Crippen LogP contribution is 2.31. The van der Waals surface area contributed by atoms with Crippen LogP contribution in [0.5, 0.6) is 11.5 Å². The van der Waals surface area contributed by atoms with Gasteiger partial charge in [-0.15, -0.1) is 0 Å². The number of aromatic carboxylic acids is 1. The topological polar surface area (TPSA) is 113 Å². The SMILES string of the molecule is N#Cc1ccc(Oc2cccc([N+](=O)[O-])c2C(=O)O)cc1. The van der Waals surface area contributed by atoms with Gasteiger partial charge in [-0.25, -0.2) is 4.79 Å². The molecule has 0 bridgehead atoms. The van der Waals surface area contributed by atoms with Crippen molar-refractivity contribution in [3.63, 3.8) is 0 Å². The smallest absolute Gasteiger partial charge is 0.346 e. The third kappa shape index (κ3) is 2.96. The number of rotatable bonds is 4. The molecule has 21 heavy (non-hydrogen) atoms. The van der Waals surface area contributed by atoms with Gasteiger partial charge in [-0.2, -0.15) is 5.26 Å². The first-order chi connectivity index (χ1) is 10.0. The number of ether oxygens (including phenoxy) is 1. The number of carbonyl (C=O) groups is 1. The van der Waals surface area contributed by atoms with Gasteiger partial charge in [0, 0.05) is 6.07 Å². The zero-order valence-electron chi connectivity index (χ0n) is 10.5. The third-order valence-electron chi connectivity index (χ3n) is 2.63.